The number of methoxy groups -OCH3 is 1. The van der Waals surface area contributed by atoms with E-state index in [-0.39, 0.29) is 6.01 Å². The second-order valence-corrected chi connectivity index (χ2v) is 5.42. The van der Waals surface area contributed by atoms with Crippen LogP contribution in [0.3, 0.4) is 0 Å². The molecule has 0 aliphatic carbocycles. The third-order valence-corrected chi connectivity index (χ3v) is 3.59. The Morgan fingerprint density at radius 3 is 2.56 bits per heavy atom. The van der Waals surface area contributed by atoms with Gasteiger partial charge in [0.05, 0.1) is 13.5 Å². The third-order valence-electron chi connectivity index (χ3n) is 3.59. The van der Waals surface area contributed by atoms with Crippen LogP contribution in [0.4, 0.5) is 16.5 Å². The number of anilines is 2. The van der Waals surface area contributed by atoms with E-state index in [0.717, 1.165) is 22.6 Å². The van der Waals surface area contributed by atoms with Gasteiger partial charge in [0.25, 0.3) is 0 Å². The summed E-state index contributed by atoms with van der Waals surface area (Å²) in [5, 5.41) is 13.0. The first-order chi connectivity index (χ1) is 12.1. The van der Waals surface area contributed by atoms with Crippen molar-refractivity contribution < 1.29 is 13.9 Å². The van der Waals surface area contributed by atoms with Crippen LogP contribution < -0.4 is 15.4 Å². The molecule has 1 heterocycles. The summed E-state index contributed by atoms with van der Waals surface area (Å²) in [5.74, 6) is 1.20. The first kappa shape index (κ1) is 16.5. The average Bonchev–Trinajstić information content (AvgIpc) is 3.04. The molecule has 0 unspecified atom stereocenters. The highest BCUT2D eigenvalue weighted by Crippen LogP contribution is 2.16. The van der Waals surface area contributed by atoms with E-state index in [1.807, 2.05) is 55.5 Å². The summed E-state index contributed by atoms with van der Waals surface area (Å²) in [7, 11) is 1.62. The Morgan fingerprint density at radius 1 is 1.08 bits per heavy atom. The summed E-state index contributed by atoms with van der Waals surface area (Å²) in [4.78, 5) is 12.0. The van der Waals surface area contributed by atoms with Gasteiger partial charge in [-0.1, -0.05) is 35.4 Å². The number of aryl methyl sites for hydroxylation is 1. The number of hydrogen-bond donors (Lipinski definition) is 2. The summed E-state index contributed by atoms with van der Waals surface area (Å²) >= 11 is 0. The second kappa shape index (κ2) is 7.48. The predicted octanol–water partition coefficient (Wildman–Crippen LogP) is 3.62. The fraction of sp³-hybridized carbons (Fsp3) is 0.167. The maximum absolute atomic E-state index is 12.0. The number of hydrogen-bond acceptors (Lipinski definition) is 5. The molecule has 0 bridgehead atoms. The van der Waals surface area contributed by atoms with E-state index < -0.39 is 6.03 Å². The lowest BCUT2D eigenvalue weighted by atomic mass is 10.1. The van der Waals surface area contributed by atoms with Gasteiger partial charge in [-0.3, -0.25) is 5.32 Å². The molecule has 0 aliphatic heterocycles. The highest BCUT2D eigenvalue weighted by Gasteiger charge is 2.11. The number of nitrogens with zero attached hydrogens (tertiary/aromatic N) is 2. The molecule has 3 aromatic rings. The van der Waals surface area contributed by atoms with Crippen LogP contribution in [-0.4, -0.2) is 23.3 Å². The van der Waals surface area contributed by atoms with Crippen molar-refractivity contribution in [3.05, 3.63) is 65.5 Å². The molecular formula is C18H18N4O3. The minimum absolute atomic E-state index is 0.0506. The van der Waals surface area contributed by atoms with Gasteiger partial charge in [-0.05, 0) is 36.2 Å². The van der Waals surface area contributed by atoms with Crippen LogP contribution in [0.1, 0.15) is 17.0 Å². The van der Waals surface area contributed by atoms with Crippen LogP contribution >= 0.6 is 0 Å². The standard InChI is InChI=1S/C18H18N4O3/c1-12-5-3-4-6-15(12)19-17(23)20-18-22-21-16(25-18)11-13-7-9-14(24-2)10-8-13/h3-10H,11H2,1-2H3,(H2,19,20,22,23). The lowest BCUT2D eigenvalue weighted by Crippen LogP contribution is -2.20. The molecule has 0 aliphatic rings. The van der Waals surface area contributed by atoms with Crippen molar-refractivity contribution >= 4 is 17.7 Å². The number of carbonyl (C=O) groups is 1. The van der Waals surface area contributed by atoms with Crippen molar-refractivity contribution in [1.82, 2.24) is 10.2 Å². The van der Waals surface area contributed by atoms with Crippen LogP contribution in [0.2, 0.25) is 0 Å². The monoisotopic (exact) mass is 338 g/mol. The van der Waals surface area contributed by atoms with Crippen LogP contribution in [0.5, 0.6) is 5.75 Å². The maximum atomic E-state index is 12.0. The number of ether oxygens (including phenoxy) is 1. The lowest BCUT2D eigenvalue weighted by Gasteiger charge is -2.07. The molecule has 2 amide bonds. The molecule has 0 saturated carbocycles. The zero-order valence-corrected chi connectivity index (χ0v) is 13.9. The van der Waals surface area contributed by atoms with E-state index in [9.17, 15) is 4.79 Å². The van der Waals surface area contributed by atoms with Crippen molar-refractivity contribution in [2.24, 2.45) is 0 Å². The lowest BCUT2D eigenvalue weighted by molar-refractivity contribution is 0.261. The first-order valence-electron chi connectivity index (χ1n) is 7.73. The van der Waals surface area contributed by atoms with Gasteiger partial charge in [0, 0.05) is 5.69 Å². The molecule has 1 aromatic heterocycles. The van der Waals surface area contributed by atoms with E-state index >= 15 is 0 Å². The van der Waals surface area contributed by atoms with E-state index in [2.05, 4.69) is 20.8 Å². The number of aromatic nitrogens is 2. The molecule has 25 heavy (non-hydrogen) atoms. The van der Waals surface area contributed by atoms with Gasteiger partial charge in [-0.25, -0.2) is 4.79 Å². The predicted molar refractivity (Wildman–Crippen MR) is 93.9 cm³/mol. The average molecular weight is 338 g/mol. The smallest absolute Gasteiger partial charge is 0.327 e. The summed E-state index contributed by atoms with van der Waals surface area (Å²) in [5.41, 5.74) is 2.68. The number of para-hydroxylation sites is 1. The van der Waals surface area contributed by atoms with Gasteiger partial charge < -0.3 is 14.5 Å². The van der Waals surface area contributed by atoms with Crippen molar-refractivity contribution in [3.63, 3.8) is 0 Å². The Hall–Kier alpha value is -3.35. The number of amides is 2. The van der Waals surface area contributed by atoms with E-state index in [4.69, 9.17) is 9.15 Å². The number of nitrogens with one attached hydrogen (secondary N) is 2. The molecule has 7 heteroatoms. The Balaban J connectivity index is 1.59. The first-order valence-corrected chi connectivity index (χ1v) is 7.73. The van der Waals surface area contributed by atoms with Gasteiger partial charge in [0.1, 0.15) is 5.75 Å². The summed E-state index contributed by atoms with van der Waals surface area (Å²) < 4.78 is 10.6. The minimum Gasteiger partial charge on any atom is -0.497 e. The quantitative estimate of drug-likeness (QED) is 0.741. The minimum atomic E-state index is -0.436. The molecule has 2 aromatic carbocycles. The molecule has 0 saturated heterocycles. The number of rotatable bonds is 5. The van der Waals surface area contributed by atoms with Gasteiger partial charge in [-0.15, -0.1) is 5.10 Å². The zero-order chi connectivity index (χ0) is 17.6. The summed E-state index contributed by atoms with van der Waals surface area (Å²) in [6.45, 7) is 1.91. The van der Waals surface area contributed by atoms with Gasteiger partial charge in [-0.2, -0.15) is 0 Å². The van der Waals surface area contributed by atoms with Gasteiger partial charge in [0.15, 0.2) is 0 Å². The topological polar surface area (TPSA) is 89.3 Å². The Labute approximate surface area is 145 Å². The van der Waals surface area contributed by atoms with E-state index in [0.29, 0.717) is 12.3 Å². The number of urea groups is 1. The number of benzene rings is 2. The van der Waals surface area contributed by atoms with Crippen LogP contribution in [0.15, 0.2) is 52.9 Å². The van der Waals surface area contributed by atoms with Gasteiger partial charge >= 0.3 is 12.0 Å². The summed E-state index contributed by atoms with van der Waals surface area (Å²) in [6.07, 6.45) is 0.470. The Bertz CT molecular complexity index is 859. The van der Waals surface area contributed by atoms with E-state index in [1.165, 1.54) is 0 Å². The van der Waals surface area contributed by atoms with Crippen molar-refractivity contribution in [2.45, 2.75) is 13.3 Å². The highest BCUT2D eigenvalue weighted by molar-refractivity contribution is 5.98. The van der Waals surface area contributed by atoms with Crippen LogP contribution in [0.25, 0.3) is 0 Å². The molecule has 2 N–H and O–H groups in total. The molecule has 0 atom stereocenters. The normalized spacial score (nSPS) is 10.3. The fourth-order valence-electron chi connectivity index (χ4n) is 2.26. The molecule has 0 radical (unpaired) electrons. The summed E-state index contributed by atoms with van der Waals surface area (Å²) in [6, 6.07) is 14.7. The number of carbonyl (C=O) groups excluding carboxylic acids is 1. The van der Waals surface area contributed by atoms with Crippen molar-refractivity contribution in [2.75, 3.05) is 17.7 Å². The fourth-order valence-corrected chi connectivity index (χ4v) is 2.26. The Kier molecular flexibility index (Phi) is 4.94. The van der Waals surface area contributed by atoms with Crippen LogP contribution in [-0.2, 0) is 6.42 Å². The molecule has 0 fully saturated rings. The SMILES string of the molecule is COc1ccc(Cc2nnc(NC(=O)Nc3ccccc3C)o2)cc1. The molecule has 3 rings (SSSR count). The highest BCUT2D eigenvalue weighted by atomic mass is 16.5. The van der Waals surface area contributed by atoms with Crippen LogP contribution in [0, 0.1) is 6.92 Å². The second-order valence-electron chi connectivity index (χ2n) is 5.42. The zero-order valence-electron chi connectivity index (χ0n) is 13.9. The largest absolute Gasteiger partial charge is 0.497 e. The molecule has 128 valence electrons. The van der Waals surface area contributed by atoms with Gasteiger partial charge in [0.2, 0.25) is 5.89 Å². The van der Waals surface area contributed by atoms with Crippen molar-refractivity contribution in [1.29, 1.82) is 0 Å². The van der Waals surface area contributed by atoms with Crippen molar-refractivity contribution in [3.8, 4) is 5.75 Å². The van der Waals surface area contributed by atoms with E-state index in [1.54, 1.807) is 7.11 Å². The maximum Gasteiger partial charge on any atom is 0.327 e. The molecule has 0 spiro atoms. The molecule has 7 nitrogen and oxygen atoms in total. The Morgan fingerprint density at radius 2 is 1.84 bits per heavy atom. The third kappa shape index (κ3) is 4.35. The molecular weight excluding hydrogens is 320 g/mol.